The number of nitrogens with zero attached hydrogens (tertiary/aromatic N) is 2. The minimum absolute atomic E-state index is 0.249. The summed E-state index contributed by atoms with van der Waals surface area (Å²) in [4.78, 5) is 19.6. The summed E-state index contributed by atoms with van der Waals surface area (Å²) in [5.74, 6) is 0.249. The molecule has 0 bridgehead atoms. The van der Waals surface area contributed by atoms with Gasteiger partial charge in [0.25, 0.3) is 0 Å². The van der Waals surface area contributed by atoms with Crippen molar-refractivity contribution in [2.75, 3.05) is 14.1 Å². The molecule has 3 heteroatoms. The number of rotatable bonds is 3. The Labute approximate surface area is 119 Å². The zero-order valence-corrected chi connectivity index (χ0v) is 12.1. The van der Waals surface area contributed by atoms with E-state index >= 15 is 0 Å². The summed E-state index contributed by atoms with van der Waals surface area (Å²) in [7, 11) is 4.04. The van der Waals surface area contributed by atoms with Gasteiger partial charge in [-0.25, -0.2) is 0 Å². The number of hydrogen-bond acceptors (Lipinski definition) is 3. The zero-order chi connectivity index (χ0) is 14.2. The first kappa shape index (κ1) is 13.3. The van der Waals surface area contributed by atoms with E-state index in [0.717, 1.165) is 42.1 Å². The van der Waals surface area contributed by atoms with Gasteiger partial charge in [0.1, 0.15) is 0 Å². The molecule has 1 aromatic carbocycles. The monoisotopic (exact) mass is 268 g/mol. The molecule has 0 spiro atoms. The normalized spacial score (nSPS) is 17.8. The Morgan fingerprint density at radius 2 is 1.90 bits per heavy atom. The number of hydrogen-bond donors (Lipinski definition) is 0. The zero-order valence-electron chi connectivity index (χ0n) is 12.1. The van der Waals surface area contributed by atoms with Crippen LogP contribution in [0.4, 0.5) is 0 Å². The summed E-state index contributed by atoms with van der Waals surface area (Å²) in [5, 5.41) is 0.966. The Bertz CT molecular complexity index is 637. The van der Waals surface area contributed by atoms with Gasteiger partial charge in [-0.05, 0) is 39.1 Å². The van der Waals surface area contributed by atoms with Gasteiger partial charge in [0.15, 0.2) is 5.78 Å². The number of benzene rings is 1. The fraction of sp³-hybridized carbons (Fsp3) is 0.412. The lowest BCUT2D eigenvalue weighted by Crippen LogP contribution is -2.48. The van der Waals surface area contributed by atoms with Crippen LogP contribution in [0.25, 0.3) is 10.9 Å². The van der Waals surface area contributed by atoms with Gasteiger partial charge in [0, 0.05) is 17.1 Å². The predicted molar refractivity (Wildman–Crippen MR) is 81.0 cm³/mol. The summed E-state index contributed by atoms with van der Waals surface area (Å²) in [5.41, 5.74) is 1.38. The average molecular weight is 268 g/mol. The highest BCUT2D eigenvalue weighted by Gasteiger charge is 2.43. The van der Waals surface area contributed by atoms with E-state index in [1.807, 2.05) is 44.4 Å². The van der Waals surface area contributed by atoms with Crippen LogP contribution in [0.15, 0.2) is 36.5 Å². The summed E-state index contributed by atoms with van der Waals surface area (Å²) >= 11 is 0. The third-order valence-electron chi connectivity index (χ3n) is 4.60. The van der Waals surface area contributed by atoms with Gasteiger partial charge in [-0.2, -0.15) is 0 Å². The molecular weight excluding hydrogens is 248 g/mol. The lowest BCUT2D eigenvalue weighted by atomic mass is 9.85. The van der Waals surface area contributed by atoms with E-state index in [-0.39, 0.29) is 11.3 Å². The number of pyridine rings is 1. The Kier molecular flexibility index (Phi) is 3.30. The van der Waals surface area contributed by atoms with Crippen molar-refractivity contribution in [1.82, 2.24) is 9.88 Å². The maximum absolute atomic E-state index is 13.2. The highest BCUT2D eigenvalue weighted by Crippen LogP contribution is 2.37. The molecule has 1 aliphatic carbocycles. The third-order valence-corrected chi connectivity index (χ3v) is 4.60. The van der Waals surface area contributed by atoms with Crippen LogP contribution in [-0.4, -0.2) is 35.3 Å². The molecule has 1 fully saturated rings. The van der Waals surface area contributed by atoms with Gasteiger partial charge < -0.3 is 0 Å². The smallest absolute Gasteiger partial charge is 0.183 e. The molecule has 20 heavy (non-hydrogen) atoms. The first-order valence-electron chi connectivity index (χ1n) is 7.21. The molecule has 0 N–H and O–H groups in total. The summed E-state index contributed by atoms with van der Waals surface area (Å²) in [6.07, 6.45) is 5.94. The minimum atomic E-state index is -0.329. The third kappa shape index (κ3) is 1.93. The highest BCUT2D eigenvalue weighted by atomic mass is 16.1. The van der Waals surface area contributed by atoms with Crippen molar-refractivity contribution in [2.45, 2.75) is 31.2 Å². The summed E-state index contributed by atoms with van der Waals surface area (Å²) in [6, 6.07) is 9.73. The molecule has 0 amide bonds. The topological polar surface area (TPSA) is 33.2 Å². The summed E-state index contributed by atoms with van der Waals surface area (Å²) < 4.78 is 0. The molecule has 1 saturated carbocycles. The van der Waals surface area contributed by atoms with Gasteiger partial charge in [-0.1, -0.05) is 31.0 Å². The molecule has 3 nitrogen and oxygen atoms in total. The SMILES string of the molecule is CN(C)C1(C(=O)c2cccc3ncccc23)CCCC1. The Morgan fingerprint density at radius 3 is 2.60 bits per heavy atom. The van der Waals surface area contributed by atoms with Crippen LogP contribution in [-0.2, 0) is 0 Å². The Morgan fingerprint density at radius 1 is 1.15 bits per heavy atom. The van der Waals surface area contributed by atoms with Crippen molar-refractivity contribution < 1.29 is 4.79 Å². The largest absolute Gasteiger partial charge is 0.297 e. The van der Waals surface area contributed by atoms with E-state index in [1.165, 1.54) is 0 Å². The maximum atomic E-state index is 13.2. The second kappa shape index (κ2) is 4.98. The van der Waals surface area contributed by atoms with Gasteiger partial charge >= 0.3 is 0 Å². The highest BCUT2D eigenvalue weighted by molar-refractivity contribution is 6.12. The van der Waals surface area contributed by atoms with Crippen molar-refractivity contribution in [1.29, 1.82) is 0 Å². The predicted octanol–water partition coefficient (Wildman–Crippen LogP) is 3.29. The molecule has 0 radical (unpaired) electrons. The average Bonchev–Trinajstić information content (AvgIpc) is 2.97. The van der Waals surface area contributed by atoms with Gasteiger partial charge in [0.05, 0.1) is 11.1 Å². The standard InChI is InChI=1S/C17H20N2O/c1-19(2)17(10-3-4-11-17)16(20)14-7-5-9-15-13(14)8-6-12-18-15/h5-9,12H,3-4,10-11H2,1-2H3. The van der Waals surface area contributed by atoms with E-state index in [9.17, 15) is 4.79 Å². The fourth-order valence-electron chi connectivity index (χ4n) is 3.39. The molecule has 1 aliphatic rings. The molecule has 0 saturated heterocycles. The molecule has 0 unspecified atom stereocenters. The van der Waals surface area contributed by atoms with Crippen molar-refractivity contribution >= 4 is 16.7 Å². The quantitative estimate of drug-likeness (QED) is 0.801. The molecule has 2 aromatic rings. The van der Waals surface area contributed by atoms with E-state index in [1.54, 1.807) is 6.20 Å². The second-order valence-electron chi connectivity index (χ2n) is 5.84. The first-order chi connectivity index (χ1) is 9.65. The maximum Gasteiger partial charge on any atom is 0.183 e. The lowest BCUT2D eigenvalue weighted by molar-refractivity contribution is 0.0695. The fourth-order valence-corrected chi connectivity index (χ4v) is 3.39. The number of Topliss-reactive ketones (excluding diaryl/α,β-unsaturated/α-hetero) is 1. The van der Waals surface area contributed by atoms with Crippen LogP contribution >= 0.6 is 0 Å². The van der Waals surface area contributed by atoms with Crippen molar-refractivity contribution in [3.63, 3.8) is 0 Å². The van der Waals surface area contributed by atoms with E-state index in [2.05, 4.69) is 9.88 Å². The number of carbonyl (C=O) groups is 1. The molecule has 3 rings (SSSR count). The van der Waals surface area contributed by atoms with Crippen LogP contribution in [0.1, 0.15) is 36.0 Å². The first-order valence-corrected chi connectivity index (χ1v) is 7.21. The van der Waals surface area contributed by atoms with Crippen LogP contribution < -0.4 is 0 Å². The Balaban J connectivity index is 2.13. The molecule has 1 aromatic heterocycles. The second-order valence-corrected chi connectivity index (χ2v) is 5.84. The Hall–Kier alpha value is -1.74. The van der Waals surface area contributed by atoms with Crippen LogP contribution in [0, 0.1) is 0 Å². The number of ketones is 1. The van der Waals surface area contributed by atoms with Crippen LogP contribution in [0.2, 0.25) is 0 Å². The number of carbonyl (C=O) groups excluding carboxylic acids is 1. The van der Waals surface area contributed by atoms with Crippen LogP contribution in [0.3, 0.4) is 0 Å². The van der Waals surface area contributed by atoms with E-state index < -0.39 is 0 Å². The number of likely N-dealkylation sites (N-methyl/N-ethyl adjacent to an activating group) is 1. The van der Waals surface area contributed by atoms with Crippen molar-refractivity contribution in [3.8, 4) is 0 Å². The molecule has 104 valence electrons. The minimum Gasteiger partial charge on any atom is -0.297 e. The number of fused-ring (bicyclic) bond motifs is 1. The number of aromatic nitrogens is 1. The van der Waals surface area contributed by atoms with Gasteiger partial charge in [0.2, 0.25) is 0 Å². The van der Waals surface area contributed by atoms with E-state index in [4.69, 9.17) is 0 Å². The summed E-state index contributed by atoms with van der Waals surface area (Å²) in [6.45, 7) is 0. The van der Waals surface area contributed by atoms with Gasteiger partial charge in [-0.15, -0.1) is 0 Å². The molecule has 0 aliphatic heterocycles. The lowest BCUT2D eigenvalue weighted by Gasteiger charge is -2.35. The van der Waals surface area contributed by atoms with Crippen molar-refractivity contribution in [2.24, 2.45) is 0 Å². The van der Waals surface area contributed by atoms with E-state index in [0.29, 0.717) is 0 Å². The van der Waals surface area contributed by atoms with Crippen molar-refractivity contribution in [3.05, 3.63) is 42.1 Å². The molecular formula is C17H20N2O. The molecule has 1 heterocycles. The van der Waals surface area contributed by atoms with Crippen LogP contribution in [0.5, 0.6) is 0 Å². The molecule has 0 atom stereocenters. The van der Waals surface area contributed by atoms with Gasteiger partial charge in [-0.3, -0.25) is 14.7 Å².